The fraction of sp³-hybridized carbons (Fsp3) is 0.312. The lowest BCUT2D eigenvalue weighted by Crippen LogP contribution is -2.36. The van der Waals surface area contributed by atoms with Gasteiger partial charge in [-0.05, 0) is 74.6 Å². The number of amides is 2. The van der Waals surface area contributed by atoms with Crippen molar-refractivity contribution in [2.24, 2.45) is 0 Å². The Morgan fingerprint density at radius 2 is 1.52 bits per heavy atom. The van der Waals surface area contributed by atoms with Crippen molar-refractivity contribution >= 4 is 11.8 Å². The van der Waals surface area contributed by atoms with E-state index in [-0.39, 0.29) is 17.6 Å². The van der Waals surface area contributed by atoms with Crippen molar-refractivity contribution in [3.8, 4) is 0 Å². The second-order valence-corrected chi connectivity index (χ2v) is 10.1. The van der Waals surface area contributed by atoms with Crippen molar-refractivity contribution in [3.63, 3.8) is 0 Å². The van der Waals surface area contributed by atoms with E-state index in [1.807, 2.05) is 85.2 Å². The lowest BCUT2D eigenvalue weighted by molar-refractivity contribution is 0.0696. The second kappa shape index (κ2) is 13.8. The van der Waals surface area contributed by atoms with Gasteiger partial charge in [0.15, 0.2) is 5.76 Å². The van der Waals surface area contributed by atoms with Crippen molar-refractivity contribution in [2.45, 2.75) is 33.0 Å². The summed E-state index contributed by atoms with van der Waals surface area (Å²) in [6, 6.07) is 23.0. The zero-order chi connectivity index (χ0) is 28.5. The fourth-order valence-corrected chi connectivity index (χ4v) is 4.52. The number of carbonyl (C=O) groups excluding carboxylic acids is 2. The largest absolute Gasteiger partial charge is 0.454 e. The molecule has 2 heterocycles. The Balaban J connectivity index is 1.46. The Morgan fingerprint density at radius 1 is 0.800 bits per heavy atom. The summed E-state index contributed by atoms with van der Waals surface area (Å²) in [7, 11) is 3.97. The molecule has 210 valence electrons. The van der Waals surface area contributed by atoms with Crippen LogP contribution in [0.3, 0.4) is 0 Å². The molecule has 8 heteroatoms. The lowest BCUT2D eigenvalue weighted by Gasteiger charge is -2.24. The van der Waals surface area contributed by atoms with Crippen molar-refractivity contribution in [2.75, 3.05) is 33.7 Å². The van der Waals surface area contributed by atoms with Crippen LogP contribution in [0.1, 0.15) is 51.3 Å². The van der Waals surface area contributed by atoms with Crippen molar-refractivity contribution < 1.29 is 18.4 Å². The standard InChI is InChI=1S/C32H37FN4O3/c1-4-18-36(31(38)26-12-14-27(33)15-13-26)23-28-11-8-19-35(28)24-29-16-17-30(40-29)32(39)37(21-20-34(2)3)22-25-9-6-5-7-10-25/h5-17,19H,4,18,20-24H2,1-3H3. The summed E-state index contributed by atoms with van der Waals surface area (Å²) in [6.45, 7) is 5.24. The van der Waals surface area contributed by atoms with E-state index >= 15 is 0 Å². The quantitative estimate of drug-likeness (QED) is 0.222. The summed E-state index contributed by atoms with van der Waals surface area (Å²) in [5, 5.41) is 0. The van der Waals surface area contributed by atoms with Crippen molar-refractivity contribution in [3.05, 3.63) is 119 Å². The van der Waals surface area contributed by atoms with Gasteiger partial charge in [0.2, 0.25) is 0 Å². The number of halogens is 1. The number of benzene rings is 2. The highest BCUT2D eigenvalue weighted by atomic mass is 19.1. The second-order valence-electron chi connectivity index (χ2n) is 10.1. The molecule has 40 heavy (non-hydrogen) atoms. The molecule has 4 rings (SSSR count). The van der Waals surface area contributed by atoms with Gasteiger partial charge in [-0.15, -0.1) is 0 Å². The minimum Gasteiger partial charge on any atom is -0.454 e. The maximum atomic E-state index is 13.4. The average Bonchev–Trinajstić information content (AvgIpc) is 3.60. The van der Waals surface area contributed by atoms with Crippen LogP contribution in [0.2, 0.25) is 0 Å². The molecule has 0 atom stereocenters. The Morgan fingerprint density at radius 3 is 2.23 bits per heavy atom. The number of nitrogens with zero attached hydrogens (tertiary/aromatic N) is 4. The van der Waals surface area contributed by atoms with E-state index in [2.05, 4.69) is 4.90 Å². The van der Waals surface area contributed by atoms with E-state index in [1.165, 1.54) is 24.3 Å². The molecular weight excluding hydrogens is 507 g/mol. The summed E-state index contributed by atoms with van der Waals surface area (Å²) >= 11 is 0. The van der Waals surface area contributed by atoms with Gasteiger partial charge < -0.3 is 23.7 Å². The molecule has 0 aliphatic heterocycles. The minimum absolute atomic E-state index is 0.142. The number of hydrogen-bond acceptors (Lipinski definition) is 4. The van der Waals surface area contributed by atoms with Gasteiger partial charge in [0, 0.05) is 43.6 Å². The SMILES string of the molecule is CCCN(Cc1cccn1Cc1ccc(C(=O)N(CCN(C)C)Cc2ccccc2)o1)C(=O)c1ccc(F)cc1. The molecule has 0 fully saturated rings. The zero-order valence-corrected chi connectivity index (χ0v) is 23.4. The molecule has 0 unspecified atom stereocenters. The zero-order valence-electron chi connectivity index (χ0n) is 23.4. The molecule has 4 aromatic rings. The maximum Gasteiger partial charge on any atom is 0.289 e. The van der Waals surface area contributed by atoms with E-state index < -0.39 is 0 Å². The molecule has 0 spiro atoms. The smallest absolute Gasteiger partial charge is 0.289 e. The Hall–Kier alpha value is -4.17. The molecule has 0 saturated carbocycles. The highest BCUT2D eigenvalue weighted by Crippen LogP contribution is 2.18. The molecule has 0 aliphatic carbocycles. The molecule has 0 radical (unpaired) electrons. The highest BCUT2D eigenvalue weighted by molar-refractivity contribution is 5.94. The van der Waals surface area contributed by atoms with Crippen LogP contribution in [0.4, 0.5) is 4.39 Å². The summed E-state index contributed by atoms with van der Waals surface area (Å²) in [5.74, 6) is 0.294. The van der Waals surface area contributed by atoms with E-state index in [4.69, 9.17) is 4.42 Å². The average molecular weight is 545 g/mol. The monoisotopic (exact) mass is 544 g/mol. The van der Waals surface area contributed by atoms with Crippen LogP contribution in [0.15, 0.2) is 89.5 Å². The summed E-state index contributed by atoms with van der Waals surface area (Å²) in [4.78, 5) is 32.2. The van der Waals surface area contributed by atoms with Gasteiger partial charge in [0.05, 0.1) is 13.1 Å². The first kappa shape index (κ1) is 28.8. The Kier molecular flexibility index (Phi) is 9.91. The number of furan rings is 1. The summed E-state index contributed by atoms with van der Waals surface area (Å²) in [6.07, 6.45) is 2.73. The summed E-state index contributed by atoms with van der Waals surface area (Å²) in [5.41, 5.74) is 2.45. The van der Waals surface area contributed by atoms with Crippen LogP contribution in [0.5, 0.6) is 0 Å². The predicted octanol–water partition coefficient (Wildman–Crippen LogP) is 5.52. The number of hydrogen-bond donors (Lipinski definition) is 0. The first-order chi connectivity index (χ1) is 19.3. The van der Waals surface area contributed by atoms with Gasteiger partial charge >= 0.3 is 0 Å². The van der Waals surface area contributed by atoms with E-state index in [0.29, 0.717) is 49.8 Å². The van der Waals surface area contributed by atoms with E-state index in [0.717, 1.165) is 24.2 Å². The van der Waals surface area contributed by atoms with Crippen LogP contribution in [-0.2, 0) is 19.6 Å². The third-order valence-electron chi connectivity index (χ3n) is 6.67. The molecule has 0 bridgehead atoms. The van der Waals surface area contributed by atoms with Gasteiger partial charge in [-0.2, -0.15) is 0 Å². The summed E-state index contributed by atoms with van der Waals surface area (Å²) < 4.78 is 21.4. The third kappa shape index (κ3) is 7.70. The van der Waals surface area contributed by atoms with Gasteiger partial charge in [0.25, 0.3) is 11.8 Å². The molecule has 0 saturated heterocycles. The normalized spacial score (nSPS) is 11.1. The van der Waals surface area contributed by atoms with Crippen LogP contribution in [-0.4, -0.2) is 64.8 Å². The van der Waals surface area contributed by atoms with Crippen LogP contribution in [0.25, 0.3) is 0 Å². The molecule has 2 amide bonds. The Bertz CT molecular complexity index is 1380. The van der Waals surface area contributed by atoms with Crippen molar-refractivity contribution in [1.29, 1.82) is 0 Å². The maximum absolute atomic E-state index is 13.4. The van der Waals surface area contributed by atoms with Crippen molar-refractivity contribution in [1.82, 2.24) is 19.3 Å². The Labute approximate surface area is 235 Å². The lowest BCUT2D eigenvalue weighted by atomic mass is 10.2. The number of rotatable bonds is 13. The molecule has 2 aromatic heterocycles. The van der Waals surface area contributed by atoms with Crippen LogP contribution < -0.4 is 0 Å². The van der Waals surface area contributed by atoms with Crippen LogP contribution >= 0.6 is 0 Å². The molecule has 0 N–H and O–H groups in total. The number of aromatic nitrogens is 1. The van der Waals surface area contributed by atoms with E-state index in [9.17, 15) is 14.0 Å². The van der Waals surface area contributed by atoms with Gasteiger partial charge in [-0.1, -0.05) is 37.3 Å². The van der Waals surface area contributed by atoms with Crippen LogP contribution in [0, 0.1) is 5.82 Å². The molecular formula is C32H37FN4O3. The van der Waals surface area contributed by atoms with Gasteiger partial charge in [-0.3, -0.25) is 9.59 Å². The third-order valence-corrected chi connectivity index (χ3v) is 6.67. The van der Waals surface area contributed by atoms with E-state index in [1.54, 1.807) is 11.0 Å². The molecule has 7 nitrogen and oxygen atoms in total. The molecule has 2 aromatic carbocycles. The first-order valence-corrected chi connectivity index (χ1v) is 13.6. The topological polar surface area (TPSA) is 61.9 Å². The number of likely N-dealkylation sites (N-methyl/N-ethyl adjacent to an activating group) is 1. The van der Waals surface area contributed by atoms with Gasteiger partial charge in [-0.25, -0.2) is 4.39 Å². The van der Waals surface area contributed by atoms with Gasteiger partial charge in [0.1, 0.15) is 11.6 Å². The minimum atomic E-state index is -0.371. The molecule has 0 aliphatic rings. The predicted molar refractivity (Wildman–Crippen MR) is 153 cm³/mol. The first-order valence-electron chi connectivity index (χ1n) is 13.6. The number of carbonyl (C=O) groups is 2. The fourth-order valence-electron chi connectivity index (χ4n) is 4.52. The highest BCUT2D eigenvalue weighted by Gasteiger charge is 2.21.